The average molecular weight is 178 g/mol. The number of hydrogen-bond donors (Lipinski definition) is 0. The van der Waals surface area contributed by atoms with Gasteiger partial charge in [0.1, 0.15) is 5.75 Å². The molecule has 1 aromatic rings. The van der Waals surface area contributed by atoms with Crippen LogP contribution in [0.1, 0.15) is 12.8 Å². The van der Waals surface area contributed by atoms with Crippen molar-refractivity contribution in [2.75, 3.05) is 19.0 Å². The van der Waals surface area contributed by atoms with Gasteiger partial charge in [-0.1, -0.05) is 0 Å². The van der Waals surface area contributed by atoms with Crippen molar-refractivity contribution in [1.29, 1.82) is 0 Å². The molecular formula is C10H14N2O. The van der Waals surface area contributed by atoms with E-state index in [0.717, 1.165) is 11.4 Å². The van der Waals surface area contributed by atoms with Crippen molar-refractivity contribution in [1.82, 2.24) is 4.98 Å². The van der Waals surface area contributed by atoms with E-state index in [9.17, 15) is 0 Å². The maximum Gasteiger partial charge on any atom is 0.140 e. The lowest BCUT2D eigenvalue weighted by Gasteiger charge is -2.12. The van der Waals surface area contributed by atoms with E-state index in [1.165, 1.54) is 12.8 Å². The lowest BCUT2D eigenvalue weighted by atomic mass is 10.4. The molecule has 0 bridgehead atoms. The minimum absolute atomic E-state index is 0.444. The Balaban J connectivity index is 2.11. The molecule has 2 rings (SSSR count). The van der Waals surface area contributed by atoms with Crippen LogP contribution in [0, 0.1) is 0 Å². The van der Waals surface area contributed by atoms with Gasteiger partial charge in [0.2, 0.25) is 0 Å². The fourth-order valence-electron chi connectivity index (χ4n) is 1.09. The molecule has 0 spiro atoms. The molecule has 0 aliphatic heterocycles. The van der Waals surface area contributed by atoms with Gasteiger partial charge in [0, 0.05) is 20.2 Å². The molecule has 1 saturated carbocycles. The second-order valence-corrected chi connectivity index (χ2v) is 3.59. The van der Waals surface area contributed by atoms with Gasteiger partial charge in [-0.2, -0.15) is 0 Å². The summed E-state index contributed by atoms with van der Waals surface area (Å²) in [5.41, 5.74) is 1.08. The van der Waals surface area contributed by atoms with Crippen LogP contribution in [0.3, 0.4) is 0 Å². The standard InChI is InChI=1S/C10H14N2O/c1-12(2)8-5-10(7-11-6-8)13-9-3-4-9/h5-7,9H,3-4H2,1-2H3. The molecule has 0 amide bonds. The molecule has 1 aliphatic rings. The summed E-state index contributed by atoms with van der Waals surface area (Å²) in [5, 5.41) is 0. The number of anilines is 1. The number of pyridine rings is 1. The summed E-state index contributed by atoms with van der Waals surface area (Å²) in [7, 11) is 4.00. The van der Waals surface area contributed by atoms with Crippen molar-refractivity contribution < 1.29 is 4.74 Å². The quantitative estimate of drug-likeness (QED) is 0.704. The minimum atomic E-state index is 0.444. The van der Waals surface area contributed by atoms with Crippen LogP contribution in [0.2, 0.25) is 0 Å². The third-order valence-electron chi connectivity index (χ3n) is 2.04. The number of ether oxygens (including phenoxy) is 1. The maximum absolute atomic E-state index is 5.63. The Morgan fingerprint density at radius 1 is 1.38 bits per heavy atom. The second-order valence-electron chi connectivity index (χ2n) is 3.59. The van der Waals surface area contributed by atoms with Crippen molar-refractivity contribution >= 4 is 5.69 Å². The molecule has 0 radical (unpaired) electrons. The molecule has 1 heterocycles. The van der Waals surface area contributed by atoms with Gasteiger partial charge in [-0.3, -0.25) is 4.98 Å². The zero-order valence-electron chi connectivity index (χ0n) is 8.03. The predicted octanol–water partition coefficient (Wildman–Crippen LogP) is 1.69. The van der Waals surface area contributed by atoms with E-state index in [0.29, 0.717) is 6.10 Å². The molecule has 70 valence electrons. The fourth-order valence-corrected chi connectivity index (χ4v) is 1.09. The Bertz CT molecular complexity index is 295. The van der Waals surface area contributed by atoms with Gasteiger partial charge >= 0.3 is 0 Å². The Morgan fingerprint density at radius 2 is 2.15 bits per heavy atom. The van der Waals surface area contributed by atoms with Crippen LogP contribution in [-0.4, -0.2) is 25.2 Å². The third kappa shape index (κ3) is 2.11. The molecule has 1 fully saturated rings. The van der Waals surface area contributed by atoms with E-state index in [2.05, 4.69) is 4.98 Å². The van der Waals surface area contributed by atoms with E-state index in [-0.39, 0.29) is 0 Å². The Hall–Kier alpha value is -1.25. The van der Waals surface area contributed by atoms with Gasteiger partial charge in [-0.15, -0.1) is 0 Å². The molecule has 0 unspecified atom stereocenters. The van der Waals surface area contributed by atoms with Gasteiger partial charge in [-0.05, 0) is 12.8 Å². The maximum atomic E-state index is 5.63. The van der Waals surface area contributed by atoms with Crippen molar-refractivity contribution in [2.24, 2.45) is 0 Å². The summed E-state index contributed by atoms with van der Waals surface area (Å²) in [6, 6.07) is 2.02. The van der Waals surface area contributed by atoms with E-state index < -0.39 is 0 Å². The van der Waals surface area contributed by atoms with Gasteiger partial charge < -0.3 is 9.64 Å². The highest BCUT2D eigenvalue weighted by molar-refractivity contribution is 5.46. The molecule has 3 nitrogen and oxygen atoms in total. The SMILES string of the molecule is CN(C)c1cncc(OC2CC2)c1. The average Bonchev–Trinajstić information content (AvgIpc) is 2.89. The van der Waals surface area contributed by atoms with Crippen LogP contribution in [0.15, 0.2) is 18.5 Å². The lowest BCUT2D eigenvalue weighted by molar-refractivity contribution is 0.302. The summed E-state index contributed by atoms with van der Waals surface area (Å²) < 4.78 is 5.63. The minimum Gasteiger partial charge on any atom is -0.489 e. The fraction of sp³-hybridized carbons (Fsp3) is 0.500. The first-order valence-electron chi connectivity index (χ1n) is 4.55. The molecule has 3 heteroatoms. The van der Waals surface area contributed by atoms with Gasteiger partial charge in [0.25, 0.3) is 0 Å². The first kappa shape index (κ1) is 8.35. The first-order chi connectivity index (χ1) is 6.25. The van der Waals surface area contributed by atoms with Gasteiger partial charge in [0.15, 0.2) is 0 Å². The molecule has 0 N–H and O–H groups in total. The number of rotatable bonds is 3. The van der Waals surface area contributed by atoms with Gasteiger partial charge in [0.05, 0.1) is 24.2 Å². The van der Waals surface area contributed by atoms with E-state index in [4.69, 9.17) is 4.74 Å². The first-order valence-corrected chi connectivity index (χ1v) is 4.55. The Morgan fingerprint density at radius 3 is 2.77 bits per heavy atom. The summed E-state index contributed by atoms with van der Waals surface area (Å²) in [6.45, 7) is 0. The monoisotopic (exact) mass is 178 g/mol. The van der Waals surface area contributed by atoms with Crippen LogP contribution in [0.25, 0.3) is 0 Å². The van der Waals surface area contributed by atoms with Crippen LogP contribution < -0.4 is 9.64 Å². The van der Waals surface area contributed by atoms with Crippen LogP contribution in [0.5, 0.6) is 5.75 Å². The molecule has 0 aromatic carbocycles. The van der Waals surface area contributed by atoms with Crippen molar-refractivity contribution in [2.45, 2.75) is 18.9 Å². The normalized spacial score (nSPS) is 15.5. The topological polar surface area (TPSA) is 25.4 Å². The van der Waals surface area contributed by atoms with Crippen molar-refractivity contribution in [3.63, 3.8) is 0 Å². The molecule has 13 heavy (non-hydrogen) atoms. The second kappa shape index (κ2) is 3.24. The third-order valence-corrected chi connectivity index (χ3v) is 2.04. The van der Waals surface area contributed by atoms with Crippen LogP contribution in [0.4, 0.5) is 5.69 Å². The smallest absolute Gasteiger partial charge is 0.140 e. The number of nitrogens with zero attached hydrogens (tertiary/aromatic N) is 2. The van der Waals surface area contributed by atoms with Crippen LogP contribution >= 0.6 is 0 Å². The Kier molecular flexibility index (Phi) is 2.08. The highest BCUT2D eigenvalue weighted by atomic mass is 16.5. The van der Waals surface area contributed by atoms with E-state index in [1.54, 1.807) is 6.20 Å². The summed E-state index contributed by atoms with van der Waals surface area (Å²) >= 11 is 0. The predicted molar refractivity (Wildman–Crippen MR) is 52.2 cm³/mol. The highest BCUT2D eigenvalue weighted by Gasteiger charge is 2.23. The number of hydrogen-bond acceptors (Lipinski definition) is 3. The summed E-state index contributed by atoms with van der Waals surface area (Å²) in [4.78, 5) is 6.14. The number of aromatic nitrogens is 1. The van der Waals surface area contributed by atoms with E-state index in [1.807, 2.05) is 31.3 Å². The van der Waals surface area contributed by atoms with Crippen molar-refractivity contribution in [3.05, 3.63) is 18.5 Å². The molecule has 1 aliphatic carbocycles. The molecule has 0 saturated heterocycles. The largest absolute Gasteiger partial charge is 0.489 e. The van der Waals surface area contributed by atoms with E-state index >= 15 is 0 Å². The zero-order valence-corrected chi connectivity index (χ0v) is 8.03. The summed E-state index contributed by atoms with van der Waals surface area (Å²) in [6.07, 6.45) is 6.42. The Labute approximate surface area is 78.3 Å². The molecular weight excluding hydrogens is 164 g/mol. The highest BCUT2D eigenvalue weighted by Crippen LogP contribution is 2.27. The lowest BCUT2D eigenvalue weighted by Crippen LogP contribution is -2.09. The summed E-state index contributed by atoms with van der Waals surface area (Å²) in [5.74, 6) is 0.883. The molecule has 1 aromatic heterocycles. The van der Waals surface area contributed by atoms with Crippen molar-refractivity contribution in [3.8, 4) is 5.75 Å². The van der Waals surface area contributed by atoms with Gasteiger partial charge in [-0.25, -0.2) is 0 Å². The van der Waals surface area contributed by atoms with Crippen LogP contribution in [-0.2, 0) is 0 Å². The molecule has 0 atom stereocenters. The zero-order chi connectivity index (χ0) is 9.26.